The molecule has 0 saturated heterocycles. The van der Waals surface area contributed by atoms with Gasteiger partial charge in [0, 0.05) is 5.56 Å². The van der Waals surface area contributed by atoms with Gasteiger partial charge in [-0.25, -0.2) is 0 Å². The Labute approximate surface area is 103 Å². The number of hydrogen-bond acceptors (Lipinski definition) is 2. The standard InChI is InChI=1S/C15H18O2/c1-4-6-7-10-17-15-9-8-13(5-2)11-14(15)12(3)16/h2,8-9,11H,4,6-7,10H2,1,3H3. The third kappa shape index (κ3) is 3.96. The molecule has 1 aromatic carbocycles. The van der Waals surface area contributed by atoms with Gasteiger partial charge in [-0.3, -0.25) is 4.79 Å². The number of terminal acetylenes is 1. The second-order valence-corrected chi connectivity index (χ2v) is 3.97. The van der Waals surface area contributed by atoms with Crippen LogP contribution < -0.4 is 4.74 Å². The van der Waals surface area contributed by atoms with Crippen LogP contribution >= 0.6 is 0 Å². The zero-order chi connectivity index (χ0) is 12.7. The fourth-order valence-electron chi connectivity index (χ4n) is 1.55. The second kappa shape index (κ2) is 6.75. The number of hydrogen-bond donors (Lipinski definition) is 0. The fourth-order valence-corrected chi connectivity index (χ4v) is 1.55. The maximum Gasteiger partial charge on any atom is 0.163 e. The molecule has 0 aliphatic heterocycles. The molecule has 17 heavy (non-hydrogen) atoms. The smallest absolute Gasteiger partial charge is 0.163 e. The molecule has 0 spiro atoms. The van der Waals surface area contributed by atoms with Crippen LogP contribution in [0.5, 0.6) is 5.75 Å². The van der Waals surface area contributed by atoms with E-state index in [2.05, 4.69) is 12.8 Å². The third-order valence-corrected chi connectivity index (χ3v) is 2.53. The molecule has 0 atom stereocenters. The van der Waals surface area contributed by atoms with E-state index in [1.807, 2.05) is 0 Å². The van der Waals surface area contributed by atoms with Crippen LogP contribution in [0.3, 0.4) is 0 Å². The number of rotatable bonds is 6. The van der Waals surface area contributed by atoms with E-state index in [1.54, 1.807) is 18.2 Å². The molecule has 0 bridgehead atoms. The average Bonchev–Trinajstić information content (AvgIpc) is 2.34. The minimum Gasteiger partial charge on any atom is -0.493 e. The van der Waals surface area contributed by atoms with Gasteiger partial charge in [-0.1, -0.05) is 25.7 Å². The van der Waals surface area contributed by atoms with Crippen LogP contribution in [0.4, 0.5) is 0 Å². The molecule has 2 nitrogen and oxygen atoms in total. The van der Waals surface area contributed by atoms with Crippen molar-refractivity contribution in [3.63, 3.8) is 0 Å². The SMILES string of the molecule is C#Cc1ccc(OCCCCC)c(C(C)=O)c1. The molecule has 0 amide bonds. The van der Waals surface area contributed by atoms with Crippen LogP contribution in [0.2, 0.25) is 0 Å². The molecular weight excluding hydrogens is 212 g/mol. The predicted octanol–water partition coefficient (Wildman–Crippen LogP) is 3.44. The van der Waals surface area contributed by atoms with Gasteiger partial charge in [0.15, 0.2) is 5.78 Å². The molecule has 0 aliphatic carbocycles. The number of carbonyl (C=O) groups excluding carboxylic acids is 1. The number of carbonyl (C=O) groups is 1. The number of ether oxygens (including phenoxy) is 1. The summed E-state index contributed by atoms with van der Waals surface area (Å²) in [6.07, 6.45) is 8.60. The zero-order valence-electron chi connectivity index (χ0n) is 10.5. The van der Waals surface area contributed by atoms with Gasteiger partial charge in [-0.2, -0.15) is 0 Å². The first kappa shape index (κ1) is 13.3. The molecule has 0 heterocycles. The van der Waals surface area contributed by atoms with E-state index < -0.39 is 0 Å². The molecule has 2 heteroatoms. The van der Waals surface area contributed by atoms with Crippen molar-refractivity contribution >= 4 is 5.78 Å². The summed E-state index contributed by atoms with van der Waals surface area (Å²) in [7, 11) is 0. The first-order valence-electron chi connectivity index (χ1n) is 5.93. The predicted molar refractivity (Wildman–Crippen MR) is 69.4 cm³/mol. The van der Waals surface area contributed by atoms with Gasteiger partial charge in [0.25, 0.3) is 0 Å². The molecule has 1 rings (SSSR count). The normalized spacial score (nSPS) is 9.71. The summed E-state index contributed by atoms with van der Waals surface area (Å²) in [5.74, 6) is 3.13. The lowest BCUT2D eigenvalue weighted by atomic mass is 10.1. The van der Waals surface area contributed by atoms with E-state index >= 15 is 0 Å². The largest absolute Gasteiger partial charge is 0.493 e. The number of unbranched alkanes of at least 4 members (excludes halogenated alkanes) is 2. The minimum atomic E-state index is -0.0207. The summed E-state index contributed by atoms with van der Waals surface area (Å²) in [4.78, 5) is 11.5. The summed E-state index contributed by atoms with van der Waals surface area (Å²) in [5.41, 5.74) is 1.27. The Bertz CT molecular complexity index is 427. The molecule has 0 aromatic heterocycles. The van der Waals surface area contributed by atoms with Crippen molar-refractivity contribution in [2.75, 3.05) is 6.61 Å². The van der Waals surface area contributed by atoms with Gasteiger partial charge in [0.2, 0.25) is 0 Å². The van der Waals surface area contributed by atoms with Gasteiger partial charge >= 0.3 is 0 Å². The lowest BCUT2D eigenvalue weighted by Gasteiger charge is -2.09. The van der Waals surface area contributed by atoms with Crippen molar-refractivity contribution in [1.29, 1.82) is 0 Å². The molecule has 0 fully saturated rings. The van der Waals surface area contributed by atoms with Crippen molar-refractivity contribution in [2.24, 2.45) is 0 Å². The first-order chi connectivity index (χ1) is 8.19. The Morgan fingerprint density at radius 3 is 2.76 bits per heavy atom. The molecule has 0 saturated carbocycles. The Morgan fingerprint density at radius 1 is 1.41 bits per heavy atom. The summed E-state index contributed by atoms with van der Waals surface area (Å²) < 4.78 is 5.61. The van der Waals surface area contributed by atoms with Crippen molar-refractivity contribution < 1.29 is 9.53 Å². The molecule has 0 unspecified atom stereocenters. The minimum absolute atomic E-state index is 0.0207. The summed E-state index contributed by atoms with van der Waals surface area (Å²) in [6, 6.07) is 5.27. The molecule has 1 aromatic rings. The summed E-state index contributed by atoms with van der Waals surface area (Å²) in [6.45, 7) is 4.31. The highest BCUT2D eigenvalue weighted by Gasteiger charge is 2.08. The van der Waals surface area contributed by atoms with Crippen molar-refractivity contribution in [2.45, 2.75) is 33.1 Å². The van der Waals surface area contributed by atoms with Crippen molar-refractivity contribution in [3.8, 4) is 18.1 Å². The van der Waals surface area contributed by atoms with Crippen LogP contribution in [0, 0.1) is 12.3 Å². The van der Waals surface area contributed by atoms with E-state index in [0.717, 1.165) is 19.3 Å². The Hall–Kier alpha value is -1.75. The van der Waals surface area contributed by atoms with Crippen LogP contribution in [0.25, 0.3) is 0 Å². The van der Waals surface area contributed by atoms with E-state index in [-0.39, 0.29) is 5.78 Å². The second-order valence-electron chi connectivity index (χ2n) is 3.97. The number of ketones is 1. The highest BCUT2D eigenvalue weighted by molar-refractivity contribution is 5.97. The number of Topliss-reactive ketones (excluding diaryl/α,β-unsaturated/α-hetero) is 1. The zero-order valence-corrected chi connectivity index (χ0v) is 10.5. The summed E-state index contributed by atoms with van der Waals surface area (Å²) in [5, 5.41) is 0. The van der Waals surface area contributed by atoms with Crippen molar-refractivity contribution in [1.82, 2.24) is 0 Å². The lowest BCUT2D eigenvalue weighted by Crippen LogP contribution is -2.03. The monoisotopic (exact) mass is 230 g/mol. The highest BCUT2D eigenvalue weighted by atomic mass is 16.5. The summed E-state index contributed by atoms with van der Waals surface area (Å²) >= 11 is 0. The first-order valence-corrected chi connectivity index (χ1v) is 5.93. The maximum atomic E-state index is 11.5. The van der Waals surface area contributed by atoms with E-state index in [1.165, 1.54) is 6.92 Å². The van der Waals surface area contributed by atoms with Crippen molar-refractivity contribution in [3.05, 3.63) is 29.3 Å². The van der Waals surface area contributed by atoms with E-state index in [4.69, 9.17) is 11.2 Å². The van der Waals surface area contributed by atoms with Gasteiger partial charge in [0.1, 0.15) is 5.75 Å². The van der Waals surface area contributed by atoms with Crippen LogP contribution in [0.1, 0.15) is 49.0 Å². The molecule has 90 valence electrons. The quantitative estimate of drug-likeness (QED) is 0.425. The maximum absolute atomic E-state index is 11.5. The van der Waals surface area contributed by atoms with E-state index in [9.17, 15) is 4.79 Å². The van der Waals surface area contributed by atoms with Crippen LogP contribution in [-0.4, -0.2) is 12.4 Å². The van der Waals surface area contributed by atoms with Crippen LogP contribution in [-0.2, 0) is 0 Å². The Morgan fingerprint density at radius 2 is 2.18 bits per heavy atom. The van der Waals surface area contributed by atoms with Crippen LogP contribution in [0.15, 0.2) is 18.2 Å². The van der Waals surface area contributed by atoms with Gasteiger partial charge in [-0.15, -0.1) is 6.42 Å². The van der Waals surface area contributed by atoms with Gasteiger partial charge in [0.05, 0.1) is 12.2 Å². The molecule has 0 aliphatic rings. The lowest BCUT2D eigenvalue weighted by molar-refractivity contribution is 0.101. The molecule has 0 N–H and O–H groups in total. The molecule has 0 radical (unpaired) electrons. The average molecular weight is 230 g/mol. The van der Waals surface area contributed by atoms with Gasteiger partial charge in [-0.05, 0) is 31.5 Å². The topological polar surface area (TPSA) is 26.3 Å². The molecular formula is C15H18O2. The van der Waals surface area contributed by atoms with Gasteiger partial charge < -0.3 is 4.74 Å². The fraction of sp³-hybridized carbons (Fsp3) is 0.400. The highest BCUT2D eigenvalue weighted by Crippen LogP contribution is 2.21. The number of benzene rings is 1. The van der Waals surface area contributed by atoms with E-state index in [0.29, 0.717) is 23.5 Å². The Balaban J connectivity index is 2.77. The Kier molecular flexibility index (Phi) is 5.29. The third-order valence-electron chi connectivity index (χ3n) is 2.53.